The first kappa shape index (κ1) is 14.2. The highest BCUT2D eigenvalue weighted by Crippen LogP contribution is 2.37. The van der Waals surface area contributed by atoms with E-state index in [-0.39, 0.29) is 5.91 Å². The monoisotopic (exact) mass is 329 g/mol. The number of hydrogen-bond acceptors (Lipinski definition) is 2. The Morgan fingerprint density at radius 2 is 2.17 bits per heavy atom. The van der Waals surface area contributed by atoms with Gasteiger partial charge in [-0.05, 0) is 36.2 Å². The summed E-state index contributed by atoms with van der Waals surface area (Å²) in [7, 11) is 0. The van der Waals surface area contributed by atoms with E-state index in [1.54, 1.807) is 12.1 Å². The predicted octanol–water partition coefficient (Wildman–Crippen LogP) is 3.55. The number of halogens is 2. The summed E-state index contributed by atoms with van der Waals surface area (Å²) >= 11 is 6.27. The van der Waals surface area contributed by atoms with Crippen molar-refractivity contribution in [2.75, 3.05) is 6.54 Å². The molecule has 1 aliphatic heterocycles. The number of pyridine rings is 1. The van der Waals surface area contributed by atoms with Crippen LogP contribution in [0.1, 0.15) is 16.1 Å². The lowest BCUT2D eigenvalue weighted by molar-refractivity contribution is 0.0928. The number of carbonyl (C=O) groups is 1. The Balaban J connectivity index is 2.13. The molecule has 1 amide bonds. The molecule has 0 radical (unpaired) electrons. The Hall–Kier alpha value is -2.40. The van der Waals surface area contributed by atoms with Gasteiger partial charge >= 0.3 is 0 Å². The van der Waals surface area contributed by atoms with Gasteiger partial charge in [0.2, 0.25) is 5.95 Å². The zero-order chi connectivity index (χ0) is 16.1. The van der Waals surface area contributed by atoms with Gasteiger partial charge in [-0.1, -0.05) is 11.6 Å². The van der Waals surface area contributed by atoms with E-state index in [9.17, 15) is 9.18 Å². The van der Waals surface area contributed by atoms with Crippen molar-refractivity contribution in [2.45, 2.75) is 13.5 Å². The molecule has 0 bridgehead atoms. The lowest BCUT2D eigenvalue weighted by Crippen LogP contribution is -2.35. The van der Waals surface area contributed by atoms with Gasteiger partial charge in [-0.3, -0.25) is 4.79 Å². The van der Waals surface area contributed by atoms with E-state index in [1.807, 2.05) is 17.6 Å². The normalized spacial score (nSPS) is 14.0. The molecule has 1 N–H and O–H groups in total. The Morgan fingerprint density at radius 1 is 1.35 bits per heavy atom. The third kappa shape index (κ3) is 2.11. The summed E-state index contributed by atoms with van der Waals surface area (Å²) in [5.74, 6) is -0.636. The largest absolute Gasteiger partial charge is 0.349 e. The molecule has 1 aromatic carbocycles. The highest BCUT2D eigenvalue weighted by molar-refractivity contribution is 6.32. The van der Waals surface area contributed by atoms with Crippen molar-refractivity contribution in [2.24, 2.45) is 0 Å². The number of nitrogens with zero attached hydrogens (tertiary/aromatic N) is 2. The molecule has 0 atom stereocenters. The predicted molar refractivity (Wildman–Crippen MR) is 87.2 cm³/mol. The summed E-state index contributed by atoms with van der Waals surface area (Å²) in [6.07, 6.45) is 1.43. The molecule has 0 saturated heterocycles. The van der Waals surface area contributed by atoms with Crippen molar-refractivity contribution < 1.29 is 9.18 Å². The van der Waals surface area contributed by atoms with E-state index in [0.717, 1.165) is 22.0 Å². The van der Waals surface area contributed by atoms with Crippen molar-refractivity contribution in [3.05, 3.63) is 52.7 Å². The van der Waals surface area contributed by atoms with Crippen LogP contribution >= 0.6 is 11.6 Å². The quantitative estimate of drug-likeness (QED) is 0.694. The first-order valence-electron chi connectivity index (χ1n) is 7.28. The SMILES string of the molecule is Cc1c2n(c3c(-c4ccnc(F)c4)cc(Cl)cc13)CCNC2=O. The standard InChI is InChI=1S/C17H13ClFN3O/c1-9-12-7-11(18)8-13(10-2-3-20-14(19)6-10)16(12)22-5-4-21-17(23)15(9)22/h2-3,6-8H,4-5H2,1H3,(H,21,23). The number of carbonyl (C=O) groups excluding carboxylic acids is 1. The minimum Gasteiger partial charge on any atom is -0.349 e. The molecule has 23 heavy (non-hydrogen) atoms. The van der Waals surface area contributed by atoms with Gasteiger partial charge in [-0.15, -0.1) is 0 Å². The minimum atomic E-state index is -0.546. The van der Waals surface area contributed by atoms with Gasteiger partial charge in [0.1, 0.15) is 5.69 Å². The fourth-order valence-electron chi connectivity index (χ4n) is 3.29. The second-order valence-electron chi connectivity index (χ2n) is 5.60. The highest BCUT2D eigenvalue weighted by atomic mass is 35.5. The van der Waals surface area contributed by atoms with Crippen LogP contribution in [0.25, 0.3) is 22.0 Å². The summed E-state index contributed by atoms with van der Waals surface area (Å²) in [6, 6.07) is 6.78. The smallest absolute Gasteiger partial charge is 0.268 e. The Bertz CT molecular complexity index is 964. The van der Waals surface area contributed by atoms with E-state index in [0.29, 0.717) is 29.4 Å². The summed E-state index contributed by atoms with van der Waals surface area (Å²) in [5, 5.41) is 4.33. The van der Waals surface area contributed by atoms with Crippen LogP contribution in [-0.4, -0.2) is 22.0 Å². The van der Waals surface area contributed by atoms with Crippen LogP contribution in [0.5, 0.6) is 0 Å². The second kappa shape index (κ2) is 5.06. The van der Waals surface area contributed by atoms with Gasteiger partial charge in [-0.2, -0.15) is 4.39 Å². The van der Waals surface area contributed by atoms with E-state index in [1.165, 1.54) is 12.3 Å². The molecule has 4 nitrogen and oxygen atoms in total. The number of hydrogen-bond donors (Lipinski definition) is 1. The van der Waals surface area contributed by atoms with E-state index < -0.39 is 5.95 Å². The van der Waals surface area contributed by atoms with Gasteiger partial charge in [0, 0.05) is 41.3 Å². The molecule has 1 aliphatic rings. The number of nitrogens with one attached hydrogen (secondary N) is 1. The van der Waals surface area contributed by atoms with E-state index in [4.69, 9.17) is 11.6 Å². The number of amides is 1. The van der Waals surface area contributed by atoms with Crippen molar-refractivity contribution in [1.29, 1.82) is 0 Å². The Morgan fingerprint density at radius 3 is 2.96 bits per heavy atom. The number of fused-ring (bicyclic) bond motifs is 3. The lowest BCUT2D eigenvalue weighted by Gasteiger charge is -2.18. The third-order valence-corrected chi connectivity index (χ3v) is 4.47. The molecular weight excluding hydrogens is 317 g/mol. The van der Waals surface area contributed by atoms with Gasteiger partial charge in [-0.25, -0.2) is 4.98 Å². The van der Waals surface area contributed by atoms with Crippen LogP contribution in [0.15, 0.2) is 30.5 Å². The van der Waals surface area contributed by atoms with Gasteiger partial charge in [0.05, 0.1) is 5.52 Å². The number of aryl methyl sites for hydroxylation is 1. The number of benzene rings is 1. The van der Waals surface area contributed by atoms with Crippen LogP contribution < -0.4 is 5.32 Å². The molecule has 6 heteroatoms. The molecule has 0 fully saturated rings. The maximum absolute atomic E-state index is 13.5. The maximum atomic E-state index is 13.5. The fourth-order valence-corrected chi connectivity index (χ4v) is 3.51. The highest BCUT2D eigenvalue weighted by Gasteiger charge is 2.25. The average molecular weight is 330 g/mol. The molecule has 2 aromatic heterocycles. The van der Waals surface area contributed by atoms with Crippen molar-refractivity contribution >= 4 is 28.4 Å². The van der Waals surface area contributed by atoms with Gasteiger partial charge < -0.3 is 9.88 Å². The van der Waals surface area contributed by atoms with Crippen LogP contribution in [0.3, 0.4) is 0 Å². The van der Waals surface area contributed by atoms with Crippen molar-refractivity contribution in [1.82, 2.24) is 14.9 Å². The number of rotatable bonds is 1. The van der Waals surface area contributed by atoms with E-state index in [2.05, 4.69) is 10.3 Å². The Kier molecular flexibility index (Phi) is 3.13. The van der Waals surface area contributed by atoms with Crippen molar-refractivity contribution in [3.8, 4) is 11.1 Å². The third-order valence-electron chi connectivity index (χ3n) is 4.25. The average Bonchev–Trinajstić information content (AvgIpc) is 2.81. The van der Waals surface area contributed by atoms with Crippen LogP contribution in [0.4, 0.5) is 4.39 Å². The summed E-state index contributed by atoms with van der Waals surface area (Å²) in [6.45, 7) is 3.15. The minimum absolute atomic E-state index is 0.0899. The molecule has 4 rings (SSSR count). The molecule has 0 saturated carbocycles. The molecule has 0 aliphatic carbocycles. The first-order valence-corrected chi connectivity index (χ1v) is 7.66. The molecule has 3 heterocycles. The zero-order valence-electron chi connectivity index (χ0n) is 12.4. The second-order valence-corrected chi connectivity index (χ2v) is 6.03. The maximum Gasteiger partial charge on any atom is 0.268 e. The molecular formula is C17H13ClFN3O. The van der Waals surface area contributed by atoms with Crippen LogP contribution in [0.2, 0.25) is 5.02 Å². The fraction of sp³-hybridized carbons (Fsp3) is 0.176. The molecule has 116 valence electrons. The van der Waals surface area contributed by atoms with Crippen LogP contribution in [0, 0.1) is 12.9 Å². The van der Waals surface area contributed by atoms with Crippen molar-refractivity contribution in [3.63, 3.8) is 0 Å². The van der Waals surface area contributed by atoms with Gasteiger partial charge in [0.15, 0.2) is 0 Å². The summed E-state index contributed by atoms with van der Waals surface area (Å²) < 4.78 is 15.5. The molecule has 0 unspecified atom stereocenters. The van der Waals surface area contributed by atoms with Crippen LogP contribution in [-0.2, 0) is 6.54 Å². The Labute approximate surface area is 136 Å². The topological polar surface area (TPSA) is 46.9 Å². The number of aromatic nitrogens is 2. The van der Waals surface area contributed by atoms with E-state index >= 15 is 0 Å². The molecule has 3 aromatic rings. The molecule has 0 spiro atoms. The first-order chi connectivity index (χ1) is 11.1. The summed E-state index contributed by atoms with van der Waals surface area (Å²) in [5.41, 5.74) is 3.93. The van der Waals surface area contributed by atoms with Gasteiger partial charge in [0.25, 0.3) is 5.91 Å². The lowest BCUT2D eigenvalue weighted by atomic mass is 10.0. The zero-order valence-corrected chi connectivity index (χ0v) is 13.1. The summed E-state index contributed by atoms with van der Waals surface area (Å²) in [4.78, 5) is 15.8.